The SMILES string of the molecule is CCOc1cc(/C=N\NC(=O)[C@@H](O)c2ccccc2)cc(I)c1O. The largest absolute Gasteiger partial charge is 0.504 e. The van der Waals surface area contributed by atoms with E-state index in [1.54, 1.807) is 42.5 Å². The van der Waals surface area contributed by atoms with Gasteiger partial charge in [0.05, 0.1) is 16.4 Å². The summed E-state index contributed by atoms with van der Waals surface area (Å²) in [4.78, 5) is 11.9. The van der Waals surface area contributed by atoms with Crippen LogP contribution in [0.25, 0.3) is 0 Å². The molecule has 2 aromatic carbocycles. The number of hydrazone groups is 1. The lowest BCUT2D eigenvalue weighted by atomic mass is 10.1. The molecule has 3 N–H and O–H groups in total. The third-order valence-electron chi connectivity index (χ3n) is 3.10. The van der Waals surface area contributed by atoms with Crippen molar-refractivity contribution in [2.24, 2.45) is 5.10 Å². The molecular weight excluding hydrogens is 423 g/mol. The highest BCUT2D eigenvalue weighted by Gasteiger charge is 2.16. The van der Waals surface area contributed by atoms with E-state index in [1.165, 1.54) is 6.21 Å². The van der Waals surface area contributed by atoms with Crippen molar-refractivity contribution in [1.82, 2.24) is 5.43 Å². The number of hydrogen-bond donors (Lipinski definition) is 3. The normalized spacial score (nSPS) is 12.1. The summed E-state index contributed by atoms with van der Waals surface area (Å²) in [6.45, 7) is 2.24. The van der Waals surface area contributed by atoms with Crippen molar-refractivity contribution in [2.45, 2.75) is 13.0 Å². The van der Waals surface area contributed by atoms with Crippen molar-refractivity contribution in [3.63, 3.8) is 0 Å². The van der Waals surface area contributed by atoms with Crippen LogP contribution < -0.4 is 10.2 Å². The quantitative estimate of drug-likeness (QED) is 0.366. The third-order valence-corrected chi connectivity index (χ3v) is 3.92. The van der Waals surface area contributed by atoms with E-state index in [0.717, 1.165) is 0 Å². The number of phenols is 1. The summed E-state index contributed by atoms with van der Waals surface area (Å²) in [6.07, 6.45) is 0.127. The van der Waals surface area contributed by atoms with E-state index in [1.807, 2.05) is 29.5 Å². The zero-order valence-electron chi connectivity index (χ0n) is 12.9. The standard InChI is InChI=1S/C17H17IN2O4/c1-2-24-14-9-11(8-13(18)16(14)22)10-19-20-17(23)15(21)12-6-4-3-5-7-12/h3-10,15,21-22H,2H2,1H3,(H,20,23)/b19-10-/t15-/m0/s1. The highest BCUT2D eigenvalue weighted by molar-refractivity contribution is 14.1. The Morgan fingerprint density at radius 1 is 1.38 bits per heavy atom. The number of hydrogen-bond acceptors (Lipinski definition) is 5. The molecule has 6 nitrogen and oxygen atoms in total. The van der Waals surface area contributed by atoms with Crippen molar-refractivity contribution >= 4 is 34.7 Å². The van der Waals surface area contributed by atoms with Gasteiger partial charge in [-0.3, -0.25) is 4.79 Å². The third kappa shape index (κ3) is 4.68. The highest BCUT2D eigenvalue weighted by Crippen LogP contribution is 2.32. The number of ether oxygens (including phenoxy) is 1. The zero-order chi connectivity index (χ0) is 17.5. The van der Waals surface area contributed by atoms with Gasteiger partial charge in [-0.1, -0.05) is 30.3 Å². The number of nitrogens with one attached hydrogen (secondary N) is 1. The molecule has 0 aliphatic carbocycles. The number of halogens is 1. The molecule has 0 radical (unpaired) electrons. The van der Waals surface area contributed by atoms with Crippen LogP contribution in [0.3, 0.4) is 0 Å². The van der Waals surface area contributed by atoms with Gasteiger partial charge in [-0.15, -0.1) is 0 Å². The van der Waals surface area contributed by atoms with Crippen LogP contribution in [0.15, 0.2) is 47.6 Å². The smallest absolute Gasteiger partial charge is 0.273 e. The fourth-order valence-electron chi connectivity index (χ4n) is 1.95. The Morgan fingerprint density at radius 3 is 2.75 bits per heavy atom. The average Bonchev–Trinajstić information content (AvgIpc) is 2.59. The first-order chi connectivity index (χ1) is 11.5. The summed E-state index contributed by atoms with van der Waals surface area (Å²) >= 11 is 1.98. The van der Waals surface area contributed by atoms with E-state index in [4.69, 9.17) is 4.74 Å². The number of rotatable bonds is 6. The molecule has 1 atom stereocenters. The number of carbonyl (C=O) groups is 1. The molecule has 0 aliphatic heterocycles. The van der Waals surface area contributed by atoms with Crippen molar-refractivity contribution in [2.75, 3.05) is 6.61 Å². The minimum absolute atomic E-state index is 0.0677. The molecule has 2 rings (SSSR count). The van der Waals surface area contributed by atoms with Gasteiger partial charge < -0.3 is 14.9 Å². The molecule has 0 heterocycles. The first kappa shape index (κ1) is 18.2. The Labute approximate surface area is 153 Å². The second-order valence-electron chi connectivity index (χ2n) is 4.83. The van der Waals surface area contributed by atoms with Gasteiger partial charge in [0.25, 0.3) is 5.91 Å². The average molecular weight is 440 g/mol. The molecule has 0 aromatic heterocycles. The van der Waals surface area contributed by atoms with Gasteiger partial charge in [0.15, 0.2) is 17.6 Å². The minimum Gasteiger partial charge on any atom is -0.504 e. The maximum Gasteiger partial charge on any atom is 0.273 e. The number of aromatic hydroxyl groups is 1. The predicted molar refractivity (Wildman–Crippen MR) is 99.1 cm³/mol. The first-order valence-electron chi connectivity index (χ1n) is 7.24. The van der Waals surface area contributed by atoms with Crippen LogP contribution in [-0.2, 0) is 4.79 Å². The van der Waals surface area contributed by atoms with Gasteiger partial charge in [0.1, 0.15) is 0 Å². The molecule has 0 saturated heterocycles. The number of amides is 1. The molecule has 0 spiro atoms. The summed E-state index contributed by atoms with van der Waals surface area (Å²) in [5.41, 5.74) is 3.43. The Hall–Kier alpha value is -2.13. The molecule has 0 fully saturated rings. The Balaban J connectivity index is 2.05. The molecule has 126 valence electrons. The topological polar surface area (TPSA) is 91.2 Å². The van der Waals surface area contributed by atoms with E-state index in [0.29, 0.717) is 27.1 Å². The molecule has 1 amide bonds. The van der Waals surface area contributed by atoms with Crippen LogP contribution in [0.2, 0.25) is 0 Å². The summed E-state index contributed by atoms with van der Waals surface area (Å²) in [7, 11) is 0. The number of phenolic OH excluding ortho intramolecular Hbond substituents is 1. The van der Waals surface area contributed by atoms with Crippen molar-refractivity contribution in [1.29, 1.82) is 0 Å². The highest BCUT2D eigenvalue weighted by atomic mass is 127. The van der Waals surface area contributed by atoms with Gasteiger partial charge >= 0.3 is 0 Å². The van der Waals surface area contributed by atoms with Crippen LogP contribution in [0.4, 0.5) is 0 Å². The number of aliphatic hydroxyl groups is 1. The minimum atomic E-state index is -1.29. The van der Waals surface area contributed by atoms with Crippen molar-refractivity contribution in [3.8, 4) is 11.5 Å². The summed E-state index contributed by atoms with van der Waals surface area (Å²) in [6, 6.07) is 11.9. The first-order valence-corrected chi connectivity index (χ1v) is 8.32. The Kier molecular flexibility index (Phi) is 6.56. The van der Waals surface area contributed by atoms with Crippen LogP contribution >= 0.6 is 22.6 Å². The van der Waals surface area contributed by atoms with Gasteiger partial charge in [-0.25, -0.2) is 5.43 Å². The Morgan fingerprint density at radius 2 is 2.08 bits per heavy atom. The van der Waals surface area contributed by atoms with Crippen LogP contribution in [-0.4, -0.2) is 28.9 Å². The van der Waals surface area contributed by atoms with Gasteiger partial charge in [-0.05, 0) is 52.8 Å². The fourth-order valence-corrected chi connectivity index (χ4v) is 2.58. The van der Waals surface area contributed by atoms with E-state index in [-0.39, 0.29) is 5.75 Å². The maximum atomic E-state index is 11.9. The molecule has 0 aliphatic rings. The zero-order valence-corrected chi connectivity index (χ0v) is 15.1. The van der Waals surface area contributed by atoms with E-state index >= 15 is 0 Å². The van der Waals surface area contributed by atoms with Gasteiger partial charge in [0.2, 0.25) is 0 Å². The maximum absolute atomic E-state index is 11.9. The summed E-state index contributed by atoms with van der Waals surface area (Å²) in [5, 5.41) is 23.7. The van der Waals surface area contributed by atoms with E-state index in [9.17, 15) is 15.0 Å². The number of nitrogens with zero attached hydrogens (tertiary/aromatic N) is 1. The van der Waals surface area contributed by atoms with Gasteiger partial charge in [-0.2, -0.15) is 5.10 Å². The van der Waals surface area contributed by atoms with Gasteiger partial charge in [0, 0.05) is 0 Å². The summed E-state index contributed by atoms with van der Waals surface area (Å²) in [5.74, 6) is -0.212. The monoisotopic (exact) mass is 440 g/mol. The fraction of sp³-hybridized carbons (Fsp3) is 0.176. The summed E-state index contributed by atoms with van der Waals surface area (Å²) < 4.78 is 5.94. The molecular formula is C17H17IN2O4. The number of carbonyl (C=O) groups excluding carboxylic acids is 1. The van der Waals surface area contributed by atoms with E-state index in [2.05, 4.69) is 10.5 Å². The lowest BCUT2D eigenvalue weighted by molar-refractivity contribution is -0.129. The molecule has 7 heteroatoms. The lowest BCUT2D eigenvalue weighted by Gasteiger charge is -2.09. The molecule has 0 saturated carbocycles. The Bertz CT molecular complexity index is 735. The lowest BCUT2D eigenvalue weighted by Crippen LogP contribution is -2.25. The number of benzene rings is 2. The predicted octanol–water partition coefficient (Wildman–Crippen LogP) is 2.58. The molecule has 0 unspecified atom stereocenters. The second kappa shape index (κ2) is 8.65. The number of aliphatic hydroxyl groups excluding tert-OH is 1. The molecule has 0 bridgehead atoms. The van der Waals surface area contributed by atoms with Crippen LogP contribution in [0, 0.1) is 3.57 Å². The van der Waals surface area contributed by atoms with Crippen molar-refractivity contribution in [3.05, 3.63) is 57.2 Å². The van der Waals surface area contributed by atoms with Crippen LogP contribution in [0.5, 0.6) is 11.5 Å². The molecule has 2 aromatic rings. The van der Waals surface area contributed by atoms with E-state index < -0.39 is 12.0 Å². The molecule has 24 heavy (non-hydrogen) atoms. The second-order valence-corrected chi connectivity index (χ2v) is 5.99. The van der Waals surface area contributed by atoms with Crippen LogP contribution in [0.1, 0.15) is 24.2 Å². The van der Waals surface area contributed by atoms with Crippen molar-refractivity contribution < 1.29 is 19.7 Å².